The van der Waals surface area contributed by atoms with Gasteiger partial charge in [0.2, 0.25) is 0 Å². The lowest BCUT2D eigenvalue weighted by Crippen LogP contribution is -1.93. The van der Waals surface area contributed by atoms with Gasteiger partial charge in [-0.3, -0.25) is 0 Å². The molecule has 33 heavy (non-hydrogen) atoms. The SMILES string of the molecule is Cc1cc(SCc2nnc(-c3ccccc3)s2)nc(SCc2nnc(-c3ccccc3)s2)n1. The number of nitrogens with zero attached hydrogens (tertiary/aromatic N) is 6. The molecule has 5 aromatic rings. The first-order valence-electron chi connectivity index (χ1n) is 10.1. The minimum absolute atomic E-state index is 0.689. The zero-order valence-corrected chi connectivity index (χ0v) is 20.8. The zero-order valence-electron chi connectivity index (χ0n) is 17.6. The Morgan fingerprint density at radius 1 is 0.667 bits per heavy atom. The van der Waals surface area contributed by atoms with E-state index < -0.39 is 0 Å². The number of thioether (sulfide) groups is 2. The van der Waals surface area contributed by atoms with Crippen molar-refractivity contribution < 1.29 is 0 Å². The van der Waals surface area contributed by atoms with Gasteiger partial charge in [0.05, 0.1) is 11.5 Å². The first kappa shape index (κ1) is 22.1. The van der Waals surface area contributed by atoms with Crippen LogP contribution in [-0.2, 0) is 11.5 Å². The van der Waals surface area contributed by atoms with E-state index in [2.05, 4.69) is 37.5 Å². The van der Waals surface area contributed by atoms with E-state index in [0.29, 0.717) is 5.75 Å². The molecule has 164 valence electrons. The second-order valence-corrected chi connectivity index (χ2v) is 11.0. The first-order valence-corrected chi connectivity index (χ1v) is 13.7. The third-order valence-electron chi connectivity index (χ3n) is 4.45. The number of hydrogen-bond acceptors (Lipinski definition) is 10. The normalized spacial score (nSPS) is 11.1. The lowest BCUT2D eigenvalue weighted by atomic mass is 10.2. The number of benzene rings is 2. The molecule has 0 atom stereocenters. The molecule has 5 rings (SSSR count). The van der Waals surface area contributed by atoms with Crippen LogP contribution >= 0.6 is 46.2 Å². The molecule has 0 spiro atoms. The van der Waals surface area contributed by atoms with Crippen LogP contribution in [0.15, 0.2) is 76.9 Å². The third kappa shape index (κ3) is 5.83. The molecule has 0 unspecified atom stereocenters. The Morgan fingerprint density at radius 3 is 1.79 bits per heavy atom. The van der Waals surface area contributed by atoms with Crippen LogP contribution in [0.3, 0.4) is 0 Å². The van der Waals surface area contributed by atoms with Gasteiger partial charge < -0.3 is 0 Å². The highest BCUT2D eigenvalue weighted by Crippen LogP contribution is 2.30. The Morgan fingerprint density at radius 2 is 1.21 bits per heavy atom. The molecule has 0 fully saturated rings. The van der Waals surface area contributed by atoms with Gasteiger partial charge in [-0.05, 0) is 13.0 Å². The Balaban J connectivity index is 1.21. The molecule has 2 aromatic carbocycles. The van der Waals surface area contributed by atoms with Crippen molar-refractivity contribution in [3.05, 3.63) is 82.4 Å². The van der Waals surface area contributed by atoms with E-state index in [0.717, 1.165) is 52.8 Å². The maximum atomic E-state index is 4.72. The Labute approximate surface area is 208 Å². The van der Waals surface area contributed by atoms with Gasteiger partial charge >= 0.3 is 0 Å². The molecule has 0 saturated carbocycles. The van der Waals surface area contributed by atoms with Crippen molar-refractivity contribution in [3.63, 3.8) is 0 Å². The minimum Gasteiger partial charge on any atom is -0.228 e. The average Bonchev–Trinajstić information content (AvgIpc) is 3.52. The second kappa shape index (κ2) is 10.5. The van der Waals surface area contributed by atoms with Crippen molar-refractivity contribution in [1.82, 2.24) is 30.4 Å². The van der Waals surface area contributed by atoms with Crippen molar-refractivity contribution in [2.75, 3.05) is 0 Å². The molecule has 0 aliphatic carbocycles. The van der Waals surface area contributed by atoms with Gasteiger partial charge in [-0.1, -0.05) is 107 Å². The standard InChI is InChI=1S/C23H18N6S4/c1-15-12-18(30-13-19-26-28-21(32-19)16-8-4-2-5-9-16)25-23(24-15)31-14-20-27-29-22(33-20)17-10-6-3-7-11-17/h2-12H,13-14H2,1H3. The van der Waals surface area contributed by atoms with Crippen molar-refractivity contribution in [2.45, 2.75) is 28.6 Å². The molecule has 0 bridgehead atoms. The van der Waals surface area contributed by atoms with E-state index in [9.17, 15) is 0 Å². The molecule has 0 N–H and O–H groups in total. The number of aromatic nitrogens is 6. The van der Waals surface area contributed by atoms with E-state index in [1.54, 1.807) is 46.2 Å². The molecule has 0 aliphatic heterocycles. The monoisotopic (exact) mass is 506 g/mol. The van der Waals surface area contributed by atoms with Crippen LogP contribution in [0.5, 0.6) is 0 Å². The van der Waals surface area contributed by atoms with Gasteiger partial charge in [-0.2, -0.15) is 0 Å². The Kier molecular flexibility index (Phi) is 7.06. The topological polar surface area (TPSA) is 77.3 Å². The Hall–Kier alpha value is -2.66. The number of aryl methyl sites for hydroxylation is 1. The predicted octanol–water partition coefficient (Wildman–Crippen LogP) is 6.41. The molecule has 0 radical (unpaired) electrons. The number of rotatable bonds is 8. The van der Waals surface area contributed by atoms with Gasteiger partial charge in [0.15, 0.2) is 5.16 Å². The molecule has 10 heteroatoms. The van der Waals surface area contributed by atoms with E-state index >= 15 is 0 Å². The molecule has 3 aromatic heterocycles. The highest BCUT2D eigenvalue weighted by Gasteiger charge is 2.11. The summed E-state index contributed by atoms with van der Waals surface area (Å²) in [6, 6.07) is 22.2. The van der Waals surface area contributed by atoms with Crippen LogP contribution in [0, 0.1) is 6.92 Å². The maximum Gasteiger partial charge on any atom is 0.189 e. The summed E-state index contributed by atoms with van der Waals surface area (Å²) in [7, 11) is 0. The summed E-state index contributed by atoms with van der Waals surface area (Å²) in [4.78, 5) is 9.30. The fourth-order valence-electron chi connectivity index (χ4n) is 2.93. The fraction of sp³-hybridized carbons (Fsp3) is 0.130. The smallest absolute Gasteiger partial charge is 0.189 e. The van der Waals surface area contributed by atoms with Crippen LogP contribution in [-0.4, -0.2) is 30.4 Å². The third-order valence-corrected chi connectivity index (χ3v) is 8.54. The van der Waals surface area contributed by atoms with Gasteiger partial charge in [-0.25, -0.2) is 9.97 Å². The second-order valence-electron chi connectivity index (χ2n) is 6.94. The van der Waals surface area contributed by atoms with Crippen LogP contribution in [0.4, 0.5) is 0 Å². The first-order chi connectivity index (χ1) is 16.2. The minimum atomic E-state index is 0.689. The van der Waals surface area contributed by atoms with Gasteiger partial charge in [0.25, 0.3) is 0 Å². The molecule has 0 saturated heterocycles. The van der Waals surface area contributed by atoms with Crippen molar-refractivity contribution in [2.24, 2.45) is 0 Å². The highest BCUT2D eigenvalue weighted by atomic mass is 32.2. The largest absolute Gasteiger partial charge is 0.228 e. The lowest BCUT2D eigenvalue weighted by molar-refractivity contribution is 0.863. The van der Waals surface area contributed by atoms with E-state index in [4.69, 9.17) is 4.98 Å². The van der Waals surface area contributed by atoms with Crippen LogP contribution in [0.25, 0.3) is 21.1 Å². The van der Waals surface area contributed by atoms with Gasteiger partial charge in [0.1, 0.15) is 25.1 Å². The van der Waals surface area contributed by atoms with Gasteiger partial charge in [-0.15, -0.1) is 20.4 Å². The van der Waals surface area contributed by atoms with Crippen molar-refractivity contribution in [3.8, 4) is 21.1 Å². The lowest BCUT2D eigenvalue weighted by Gasteiger charge is -2.04. The van der Waals surface area contributed by atoms with Gasteiger partial charge in [0, 0.05) is 16.8 Å². The molecular weight excluding hydrogens is 489 g/mol. The summed E-state index contributed by atoms with van der Waals surface area (Å²) >= 11 is 6.45. The summed E-state index contributed by atoms with van der Waals surface area (Å²) in [6.45, 7) is 1.99. The Bertz CT molecular complexity index is 1240. The average molecular weight is 507 g/mol. The summed E-state index contributed by atoms with van der Waals surface area (Å²) in [5.41, 5.74) is 3.12. The highest BCUT2D eigenvalue weighted by molar-refractivity contribution is 7.99. The molecule has 0 amide bonds. The van der Waals surface area contributed by atoms with Crippen molar-refractivity contribution in [1.29, 1.82) is 0 Å². The molecule has 6 nitrogen and oxygen atoms in total. The summed E-state index contributed by atoms with van der Waals surface area (Å²) in [5.74, 6) is 1.41. The van der Waals surface area contributed by atoms with E-state index in [-0.39, 0.29) is 0 Å². The van der Waals surface area contributed by atoms with Crippen LogP contribution in [0.2, 0.25) is 0 Å². The van der Waals surface area contributed by atoms with E-state index in [1.807, 2.05) is 61.5 Å². The molecule has 0 aliphatic rings. The zero-order chi connectivity index (χ0) is 22.5. The number of hydrogen-bond donors (Lipinski definition) is 0. The quantitative estimate of drug-likeness (QED) is 0.136. The maximum absolute atomic E-state index is 4.72. The van der Waals surface area contributed by atoms with Crippen molar-refractivity contribution >= 4 is 46.2 Å². The summed E-state index contributed by atoms with van der Waals surface area (Å²) in [6.07, 6.45) is 0. The van der Waals surface area contributed by atoms with E-state index in [1.165, 1.54) is 0 Å². The molecular formula is C23H18N6S4. The fourth-order valence-corrected chi connectivity index (χ4v) is 6.51. The summed E-state index contributed by atoms with van der Waals surface area (Å²) in [5, 5.41) is 22.8. The summed E-state index contributed by atoms with van der Waals surface area (Å²) < 4.78 is 0. The van der Waals surface area contributed by atoms with Crippen LogP contribution in [0.1, 0.15) is 15.7 Å². The van der Waals surface area contributed by atoms with Crippen LogP contribution < -0.4 is 0 Å². The molecule has 3 heterocycles. The predicted molar refractivity (Wildman–Crippen MR) is 137 cm³/mol.